The van der Waals surface area contributed by atoms with Gasteiger partial charge in [-0.05, 0) is 55.5 Å². The van der Waals surface area contributed by atoms with Crippen LogP contribution in [0.3, 0.4) is 0 Å². The van der Waals surface area contributed by atoms with E-state index in [0.29, 0.717) is 36.5 Å². The van der Waals surface area contributed by atoms with Crippen molar-refractivity contribution >= 4 is 23.3 Å². The van der Waals surface area contributed by atoms with E-state index in [-0.39, 0.29) is 23.9 Å². The molecule has 0 radical (unpaired) electrons. The number of benzene rings is 1. The van der Waals surface area contributed by atoms with E-state index in [0.717, 1.165) is 42.6 Å². The van der Waals surface area contributed by atoms with E-state index < -0.39 is 6.10 Å². The van der Waals surface area contributed by atoms with Crippen molar-refractivity contribution in [1.82, 2.24) is 24.5 Å². The number of aliphatic hydroxyl groups excluding tert-OH is 1. The Morgan fingerprint density at radius 3 is 2.85 bits per heavy atom. The first-order valence-corrected chi connectivity index (χ1v) is 11.6. The van der Waals surface area contributed by atoms with Crippen LogP contribution < -0.4 is 4.90 Å². The topological polar surface area (TPSA) is 113 Å². The van der Waals surface area contributed by atoms with Crippen LogP contribution in [0.15, 0.2) is 30.9 Å². The molecule has 1 amide bonds. The van der Waals surface area contributed by atoms with Crippen LogP contribution in [0.25, 0.3) is 5.65 Å². The number of esters is 1. The highest BCUT2D eigenvalue weighted by molar-refractivity contribution is 5.95. The van der Waals surface area contributed by atoms with Gasteiger partial charge in [0.1, 0.15) is 12.9 Å². The van der Waals surface area contributed by atoms with Crippen molar-refractivity contribution in [3.63, 3.8) is 0 Å². The maximum Gasteiger partial charge on any atom is 0.338 e. The van der Waals surface area contributed by atoms with E-state index in [1.807, 2.05) is 13.0 Å². The summed E-state index contributed by atoms with van der Waals surface area (Å²) in [6, 6.07) is 3.59. The smallest absolute Gasteiger partial charge is 0.338 e. The standard InChI is InChI=1S/C24H26N6O4/c1-15-16(2-3-17-18(15)12-34-23(17)33)19(31)10-28-6-4-24(5-7-28)8-22(32)29(13-24)21-11-30-20(9-25-21)26-14-27-30/h2-3,9,11,14,19,31H,4-8,10,12-13H2,1H3. The van der Waals surface area contributed by atoms with Crippen molar-refractivity contribution in [2.45, 2.75) is 38.9 Å². The summed E-state index contributed by atoms with van der Waals surface area (Å²) in [7, 11) is 0. The predicted molar refractivity (Wildman–Crippen MR) is 121 cm³/mol. The number of ether oxygens (including phenoxy) is 1. The van der Waals surface area contributed by atoms with E-state index in [9.17, 15) is 14.7 Å². The minimum Gasteiger partial charge on any atom is -0.457 e. The van der Waals surface area contributed by atoms with E-state index >= 15 is 0 Å². The molecule has 0 saturated carbocycles. The third-order valence-electron chi connectivity index (χ3n) is 7.66. The number of β-amino-alcohol motifs (C(OH)–C–C–N with tert-alkyl or cyclic N) is 1. The van der Waals surface area contributed by atoms with Crippen LogP contribution in [0.2, 0.25) is 0 Å². The molecule has 34 heavy (non-hydrogen) atoms. The quantitative estimate of drug-likeness (QED) is 0.583. The van der Waals surface area contributed by atoms with E-state index in [1.165, 1.54) is 6.33 Å². The predicted octanol–water partition coefficient (Wildman–Crippen LogP) is 1.66. The highest BCUT2D eigenvalue weighted by atomic mass is 16.5. The molecule has 2 fully saturated rings. The van der Waals surface area contributed by atoms with Crippen molar-refractivity contribution in [3.05, 3.63) is 53.1 Å². The summed E-state index contributed by atoms with van der Waals surface area (Å²) >= 11 is 0. The fraction of sp³-hybridized carbons (Fsp3) is 0.458. The van der Waals surface area contributed by atoms with E-state index in [1.54, 1.807) is 27.9 Å². The zero-order valence-electron chi connectivity index (χ0n) is 19.0. The second-order valence-electron chi connectivity index (χ2n) is 9.66. The molecule has 6 rings (SSSR count). The number of aliphatic hydroxyl groups is 1. The normalized spacial score (nSPS) is 20.8. The monoisotopic (exact) mass is 462 g/mol. The minimum atomic E-state index is -0.643. The summed E-state index contributed by atoms with van der Waals surface area (Å²) in [5, 5.41) is 15.1. The summed E-state index contributed by atoms with van der Waals surface area (Å²) in [4.78, 5) is 37.2. The van der Waals surface area contributed by atoms with Crippen LogP contribution in [0.1, 0.15) is 52.4 Å². The lowest BCUT2D eigenvalue weighted by atomic mass is 9.77. The molecule has 176 valence electrons. The second-order valence-corrected chi connectivity index (χ2v) is 9.66. The fourth-order valence-electron chi connectivity index (χ4n) is 5.58. The van der Waals surface area contributed by atoms with Gasteiger partial charge in [-0.1, -0.05) is 6.07 Å². The lowest BCUT2D eigenvalue weighted by Crippen LogP contribution is -2.43. The molecule has 1 atom stereocenters. The van der Waals surface area contributed by atoms with E-state index in [4.69, 9.17) is 4.74 Å². The molecular formula is C24H26N6O4. The Bertz CT molecular complexity index is 1300. The molecule has 2 aromatic heterocycles. The molecule has 10 nitrogen and oxygen atoms in total. The van der Waals surface area contributed by atoms with Crippen LogP contribution in [0, 0.1) is 12.3 Å². The van der Waals surface area contributed by atoms with Gasteiger partial charge in [-0.2, -0.15) is 5.10 Å². The molecular weight excluding hydrogens is 436 g/mol. The molecule has 5 heterocycles. The number of hydrogen-bond acceptors (Lipinski definition) is 8. The van der Waals surface area contributed by atoms with Gasteiger partial charge in [0.15, 0.2) is 11.5 Å². The third kappa shape index (κ3) is 3.45. The zero-order chi connectivity index (χ0) is 23.4. The number of likely N-dealkylation sites (tertiary alicyclic amines) is 1. The summed E-state index contributed by atoms with van der Waals surface area (Å²) < 4.78 is 6.77. The second kappa shape index (κ2) is 7.85. The molecule has 0 bridgehead atoms. The van der Waals surface area contributed by atoms with Gasteiger partial charge in [-0.15, -0.1) is 0 Å². The first-order valence-electron chi connectivity index (χ1n) is 11.6. The van der Waals surface area contributed by atoms with Gasteiger partial charge < -0.3 is 14.7 Å². The first-order chi connectivity index (χ1) is 16.4. The average molecular weight is 463 g/mol. The molecule has 3 aliphatic heterocycles. The summed E-state index contributed by atoms with van der Waals surface area (Å²) in [5.41, 5.74) is 3.82. The number of anilines is 1. The van der Waals surface area contributed by atoms with E-state index in [2.05, 4.69) is 20.0 Å². The highest BCUT2D eigenvalue weighted by Gasteiger charge is 2.46. The van der Waals surface area contributed by atoms with Crippen LogP contribution in [-0.2, 0) is 16.1 Å². The van der Waals surface area contributed by atoms with Gasteiger partial charge in [-0.3, -0.25) is 9.69 Å². The Morgan fingerprint density at radius 2 is 2.03 bits per heavy atom. The van der Waals surface area contributed by atoms with Gasteiger partial charge in [-0.25, -0.2) is 19.3 Å². The zero-order valence-corrected chi connectivity index (χ0v) is 19.0. The number of amides is 1. The third-order valence-corrected chi connectivity index (χ3v) is 7.66. The number of fused-ring (bicyclic) bond motifs is 2. The molecule has 1 N–H and O–H groups in total. The summed E-state index contributed by atoms with van der Waals surface area (Å²) in [5.74, 6) is 0.398. The largest absolute Gasteiger partial charge is 0.457 e. The fourth-order valence-corrected chi connectivity index (χ4v) is 5.58. The molecule has 3 aromatic rings. The van der Waals surface area contributed by atoms with Crippen molar-refractivity contribution in [2.24, 2.45) is 5.41 Å². The Morgan fingerprint density at radius 1 is 1.21 bits per heavy atom. The molecule has 1 spiro atoms. The number of hydrogen-bond donors (Lipinski definition) is 1. The minimum absolute atomic E-state index is 0.0707. The van der Waals surface area contributed by atoms with Crippen molar-refractivity contribution in [2.75, 3.05) is 31.1 Å². The highest BCUT2D eigenvalue weighted by Crippen LogP contribution is 2.42. The molecule has 0 aliphatic carbocycles. The van der Waals surface area contributed by atoms with Crippen LogP contribution in [0.4, 0.5) is 5.82 Å². The average Bonchev–Trinajstić information content (AvgIpc) is 3.53. The summed E-state index contributed by atoms with van der Waals surface area (Å²) in [6.07, 6.45) is 6.50. The van der Waals surface area contributed by atoms with Crippen molar-refractivity contribution in [3.8, 4) is 0 Å². The van der Waals surface area contributed by atoms with Gasteiger partial charge in [0.2, 0.25) is 5.91 Å². The number of aromatic nitrogens is 4. The SMILES string of the molecule is Cc1c(C(O)CN2CCC3(CC2)CC(=O)N(c2cn4ncnc4cn2)C3)ccc2c1COC2=O. The van der Waals surface area contributed by atoms with Crippen LogP contribution in [-0.4, -0.2) is 67.6 Å². The molecule has 1 unspecified atom stereocenters. The van der Waals surface area contributed by atoms with Crippen LogP contribution >= 0.6 is 0 Å². The van der Waals surface area contributed by atoms with Gasteiger partial charge in [0.05, 0.1) is 24.1 Å². The van der Waals surface area contributed by atoms with Gasteiger partial charge >= 0.3 is 5.97 Å². The Kier molecular flexibility index (Phi) is 4.89. The number of piperidine rings is 1. The maximum atomic E-state index is 12.9. The number of carbonyl (C=O) groups is 2. The van der Waals surface area contributed by atoms with Crippen molar-refractivity contribution < 1.29 is 19.4 Å². The molecule has 3 aliphatic rings. The number of nitrogens with zero attached hydrogens (tertiary/aromatic N) is 6. The lowest BCUT2D eigenvalue weighted by molar-refractivity contribution is -0.118. The molecule has 1 aromatic carbocycles. The first kappa shape index (κ1) is 21.2. The number of carbonyl (C=O) groups excluding carboxylic acids is 2. The maximum absolute atomic E-state index is 12.9. The van der Waals surface area contributed by atoms with Crippen LogP contribution in [0.5, 0.6) is 0 Å². The lowest BCUT2D eigenvalue weighted by Gasteiger charge is -2.39. The van der Waals surface area contributed by atoms with Gasteiger partial charge in [0, 0.05) is 25.1 Å². The number of rotatable bonds is 4. The van der Waals surface area contributed by atoms with Crippen molar-refractivity contribution in [1.29, 1.82) is 0 Å². The Labute approximate surface area is 196 Å². The summed E-state index contributed by atoms with van der Waals surface area (Å²) in [6.45, 7) is 5.02. The Balaban J connectivity index is 1.11. The Hall–Kier alpha value is -3.37. The molecule has 10 heteroatoms. The molecule has 2 saturated heterocycles. The number of cyclic esters (lactones) is 1. The van der Waals surface area contributed by atoms with Gasteiger partial charge in [0.25, 0.3) is 0 Å².